The minimum Gasteiger partial charge on any atom is -0.495 e. The normalized spacial score (nSPS) is 16.4. The third kappa shape index (κ3) is 5.58. The maximum absolute atomic E-state index is 12.8. The number of carbonyl (C=O) groups excluding carboxylic acids is 3. The highest BCUT2D eigenvalue weighted by Crippen LogP contribution is 2.28. The summed E-state index contributed by atoms with van der Waals surface area (Å²) < 4.78 is 5.46. The van der Waals surface area contributed by atoms with Crippen LogP contribution in [0.2, 0.25) is 0 Å². The molecule has 10 nitrogen and oxygen atoms in total. The van der Waals surface area contributed by atoms with Gasteiger partial charge in [0.05, 0.1) is 24.9 Å². The zero-order valence-corrected chi connectivity index (χ0v) is 20.3. The first-order valence-electron chi connectivity index (χ1n) is 11.4. The van der Waals surface area contributed by atoms with Crippen molar-refractivity contribution < 1.29 is 19.1 Å². The number of aromatic nitrogens is 1. The Hall–Kier alpha value is -3.34. The summed E-state index contributed by atoms with van der Waals surface area (Å²) in [4.78, 5) is 48.7. The summed E-state index contributed by atoms with van der Waals surface area (Å²) >= 11 is 1.31. The molecule has 4 amide bonds. The van der Waals surface area contributed by atoms with Crippen LogP contribution in [0.1, 0.15) is 12.6 Å². The second-order valence-electron chi connectivity index (χ2n) is 8.28. The van der Waals surface area contributed by atoms with Crippen molar-refractivity contribution in [1.82, 2.24) is 19.7 Å². The summed E-state index contributed by atoms with van der Waals surface area (Å²) in [5.74, 6) is 0.888. The van der Waals surface area contributed by atoms with Crippen LogP contribution in [0.15, 0.2) is 29.6 Å². The van der Waals surface area contributed by atoms with Gasteiger partial charge in [-0.1, -0.05) is 12.1 Å². The van der Waals surface area contributed by atoms with Crippen LogP contribution in [0.25, 0.3) is 0 Å². The lowest BCUT2D eigenvalue weighted by atomic mass is 10.2. The molecule has 1 aromatic heterocycles. The fraction of sp³-hybridized carbons (Fsp3) is 0.478. The van der Waals surface area contributed by atoms with Crippen LogP contribution in [-0.2, 0) is 16.0 Å². The second kappa shape index (κ2) is 10.7. The van der Waals surface area contributed by atoms with Crippen molar-refractivity contribution in [2.75, 3.05) is 69.7 Å². The highest BCUT2D eigenvalue weighted by molar-refractivity contribution is 7.13. The van der Waals surface area contributed by atoms with Crippen molar-refractivity contribution >= 4 is 40.0 Å². The van der Waals surface area contributed by atoms with Gasteiger partial charge in [-0.25, -0.2) is 9.78 Å². The van der Waals surface area contributed by atoms with Gasteiger partial charge in [-0.3, -0.25) is 14.9 Å². The Morgan fingerprint density at radius 3 is 2.29 bits per heavy atom. The zero-order chi connectivity index (χ0) is 24.1. The van der Waals surface area contributed by atoms with Crippen molar-refractivity contribution in [2.45, 2.75) is 13.3 Å². The molecule has 0 unspecified atom stereocenters. The predicted octanol–water partition coefficient (Wildman–Crippen LogP) is 1.74. The van der Waals surface area contributed by atoms with Crippen LogP contribution in [-0.4, -0.2) is 97.0 Å². The number of benzene rings is 1. The van der Waals surface area contributed by atoms with Gasteiger partial charge in [0.15, 0.2) is 5.13 Å². The number of anilines is 2. The van der Waals surface area contributed by atoms with Crippen molar-refractivity contribution in [2.24, 2.45) is 0 Å². The molecule has 0 bridgehead atoms. The zero-order valence-electron chi connectivity index (χ0n) is 19.5. The quantitative estimate of drug-likeness (QED) is 0.691. The third-order valence-corrected chi connectivity index (χ3v) is 6.97. The third-order valence-electron chi connectivity index (χ3n) is 6.17. The molecule has 2 aromatic rings. The Bertz CT molecular complexity index is 1030. The molecule has 182 valence electrons. The Morgan fingerprint density at radius 1 is 0.971 bits per heavy atom. The Morgan fingerprint density at radius 2 is 1.62 bits per heavy atom. The molecular formula is C23H30N6O4S. The molecule has 2 fully saturated rings. The molecule has 2 aliphatic rings. The largest absolute Gasteiger partial charge is 0.495 e. The van der Waals surface area contributed by atoms with Crippen molar-refractivity contribution in [1.29, 1.82) is 0 Å². The van der Waals surface area contributed by atoms with E-state index in [1.54, 1.807) is 16.9 Å². The molecule has 1 aromatic carbocycles. The van der Waals surface area contributed by atoms with Crippen molar-refractivity contribution in [3.8, 4) is 5.75 Å². The molecule has 4 rings (SSSR count). The first kappa shape index (κ1) is 23.8. The number of methoxy groups -OCH3 is 1. The number of para-hydroxylation sites is 2. The average Bonchev–Trinajstić information content (AvgIpc) is 3.30. The number of urea groups is 1. The molecule has 0 atom stereocenters. The number of rotatable bonds is 5. The van der Waals surface area contributed by atoms with Crippen LogP contribution in [0, 0.1) is 0 Å². The molecule has 1 N–H and O–H groups in total. The van der Waals surface area contributed by atoms with Gasteiger partial charge < -0.3 is 24.3 Å². The molecule has 0 spiro atoms. The summed E-state index contributed by atoms with van der Waals surface area (Å²) in [6.45, 7) is 6.33. The molecule has 0 aliphatic carbocycles. The summed E-state index contributed by atoms with van der Waals surface area (Å²) in [6, 6.07) is 7.67. The Labute approximate surface area is 203 Å². The molecular weight excluding hydrogens is 456 g/mol. The fourth-order valence-electron chi connectivity index (χ4n) is 4.20. The van der Waals surface area contributed by atoms with E-state index < -0.39 is 0 Å². The van der Waals surface area contributed by atoms with Crippen LogP contribution < -0.4 is 15.0 Å². The van der Waals surface area contributed by atoms with Crippen LogP contribution in [0.4, 0.5) is 15.6 Å². The first-order valence-corrected chi connectivity index (χ1v) is 12.2. The van der Waals surface area contributed by atoms with Crippen molar-refractivity contribution in [3.05, 3.63) is 35.3 Å². The van der Waals surface area contributed by atoms with Gasteiger partial charge in [0.1, 0.15) is 5.75 Å². The van der Waals surface area contributed by atoms with E-state index in [4.69, 9.17) is 4.74 Å². The van der Waals surface area contributed by atoms with E-state index >= 15 is 0 Å². The Balaban J connectivity index is 1.25. The molecule has 0 saturated carbocycles. The van der Waals surface area contributed by atoms with Gasteiger partial charge in [-0.2, -0.15) is 0 Å². The first-order chi connectivity index (χ1) is 16.4. The molecule has 11 heteroatoms. The molecule has 3 heterocycles. The Kier molecular flexibility index (Phi) is 7.51. The monoisotopic (exact) mass is 486 g/mol. The van der Waals surface area contributed by atoms with Gasteiger partial charge in [0.25, 0.3) is 0 Å². The second-order valence-corrected chi connectivity index (χ2v) is 9.14. The van der Waals surface area contributed by atoms with E-state index in [-0.39, 0.29) is 24.3 Å². The topological polar surface area (TPSA) is 98.3 Å². The maximum Gasteiger partial charge on any atom is 0.323 e. The molecule has 0 radical (unpaired) electrons. The lowest BCUT2D eigenvalue weighted by molar-refractivity contribution is -0.131. The summed E-state index contributed by atoms with van der Waals surface area (Å²) in [5.41, 5.74) is 1.69. The van der Waals surface area contributed by atoms with E-state index in [0.717, 1.165) is 24.5 Å². The van der Waals surface area contributed by atoms with E-state index in [0.29, 0.717) is 50.1 Å². The molecule has 34 heavy (non-hydrogen) atoms. The highest BCUT2D eigenvalue weighted by atomic mass is 32.1. The molecule has 2 saturated heterocycles. The molecule has 2 aliphatic heterocycles. The summed E-state index contributed by atoms with van der Waals surface area (Å²) in [5, 5.41) is 5.10. The summed E-state index contributed by atoms with van der Waals surface area (Å²) in [6.07, 6.45) is 0.207. The van der Waals surface area contributed by atoms with Crippen LogP contribution in [0.3, 0.4) is 0 Å². The number of hydrogen-bond donors (Lipinski definition) is 1. The van der Waals surface area contributed by atoms with Crippen LogP contribution >= 0.6 is 11.3 Å². The minimum atomic E-state index is -0.233. The number of thiazole rings is 1. The number of piperazine rings is 2. The van der Waals surface area contributed by atoms with Gasteiger partial charge in [0, 0.05) is 64.7 Å². The fourth-order valence-corrected chi connectivity index (χ4v) is 4.89. The van der Waals surface area contributed by atoms with E-state index in [1.165, 1.54) is 18.3 Å². The number of nitrogens with zero attached hydrogens (tertiary/aromatic N) is 5. The summed E-state index contributed by atoms with van der Waals surface area (Å²) in [7, 11) is 1.66. The number of nitrogens with one attached hydrogen (secondary N) is 1. The lowest BCUT2D eigenvalue weighted by Gasteiger charge is -2.36. The van der Waals surface area contributed by atoms with Crippen molar-refractivity contribution in [3.63, 3.8) is 0 Å². The van der Waals surface area contributed by atoms with Gasteiger partial charge in [-0.05, 0) is 12.1 Å². The number of ether oxygens (including phenoxy) is 1. The van der Waals surface area contributed by atoms with E-state index in [1.807, 2.05) is 34.5 Å². The highest BCUT2D eigenvalue weighted by Gasteiger charge is 2.25. The lowest BCUT2D eigenvalue weighted by Crippen LogP contribution is -2.51. The number of hydrogen-bond acceptors (Lipinski definition) is 7. The number of amides is 4. The SMILES string of the molecule is COc1ccccc1N1CCN(C(=O)Cc2csc(NC(=O)N3CCN(C(C)=O)CC3)n2)CC1. The number of carbonyl (C=O) groups is 3. The minimum absolute atomic E-state index is 0.0236. The van der Waals surface area contributed by atoms with E-state index in [2.05, 4.69) is 15.2 Å². The smallest absolute Gasteiger partial charge is 0.323 e. The van der Waals surface area contributed by atoms with Crippen LogP contribution in [0.5, 0.6) is 5.75 Å². The van der Waals surface area contributed by atoms with E-state index in [9.17, 15) is 14.4 Å². The maximum atomic E-state index is 12.8. The van der Waals surface area contributed by atoms with Gasteiger partial charge in [0.2, 0.25) is 11.8 Å². The van der Waals surface area contributed by atoms with Gasteiger partial charge in [-0.15, -0.1) is 11.3 Å². The van der Waals surface area contributed by atoms with Gasteiger partial charge >= 0.3 is 6.03 Å². The predicted molar refractivity (Wildman–Crippen MR) is 130 cm³/mol. The average molecular weight is 487 g/mol. The standard InChI is InChI=1S/C23H30N6O4S/c1-17(30)26-7-13-29(14-8-26)23(32)25-22-24-18(16-34-22)15-21(31)28-11-9-27(10-12-28)19-5-3-4-6-20(19)33-2/h3-6,16H,7-15H2,1-2H3,(H,24,25,32).